The van der Waals surface area contributed by atoms with Gasteiger partial charge in [0.15, 0.2) is 23.9 Å². The molecule has 0 radical (unpaired) electrons. The Labute approximate surface area is 170 Å². The van der Waals surface area contributed by atoms with Crippen molar-refractivity contribution in [2.45, 2.75) is 44.3 Å². The van der Waals surface area contributed by atoms with Crippen LogP contribution in [0.5, 0.6) is 11.5 Å². The Bertz CT molecular complexity index is 850. The molecule has 0 saturated carbocycles. The lowest BCUT2D eigenvalue weighted by molar-refractivity contribution is -0.118. The van der Waals surface area contributed by atoms with Gasteiger partial charge in [-0.25, -0.2) is 0 Å². The molecule has 0 fully saturated rings. The summed E-state index contributed by atoms with van der Waals surface area (Å²) in [5.41, 5.74) is 2.30. The number of Topliss-reactive ketones (excluding diaryl/α,β-unsaturated/α-hetero) is 1. The normalized spacial score (nSPS) is 11.6. The molecule has 0 bridgehead atoms. The maximum atomic E-state index is 12.3. The molecule has 2 aromatic rings. The zero-order valence-electron chi connectivity index (χ0n) is 17.0. The van der Waals surface area contributed by atoms with Gasteiger partial charge in [0, 0.05) is 21.4 Å². The Morgan fingerprint density at radius 3 is 2.50 bits per heavy atom. The quantitative estimate of drug-likeness (QED) is 0.467. The van der Waals surface area contributed by atoms with Crippen LogP contribution in [0.3, 0.4) is 0 Å². The second-order valence-corrected chi connectivity index (χ2v) is 8.08. The number of ether oxygens (including phenoxy) is 2. The Morgan fingerprint density at radius 1 is 1.14 bits per heavy atom. The van der Waals surface area contributed by atoms with Gasteiger partial charge in [-0.2, -0.15) is 0 Å². The van der Waals surface area contributed by atoms with E-state index in [1.807, 2.05) is 30.8 Å². The average molecular weight is 402 g/mol. The van der Waals surface area contributed by atoms with Crippen molar-refractivity contribution in [2.75, 3.05) is 19.0 Å². The maximum absolute atomic E-state index is 12.3. The molecule has 150 valence electrons. The monoisotopic (exact) mass is 401 g/mol. The highest BCUT2D eigenvalue weighted by molar-refractivity contribution is 7.99. The topological polar surface area (TPSA) is 64.6 Å². The summed E-state index contributed by atoms with van der Waals surface area (Å²) in [6, 6.07) is 10.9. The van der Waals surface area contributed by atoms with Crippen LogP contribution in [-0.4, -0.2) is 30.7 Å². The summed E-state index contributed by atoms with van der Waals surface area (Å²) in [6.45, 7) is 7.67. The van der Waals surface area contributed by atoms with Crippen LogP contribution in [0, 0.1) is 6.92 Å². The fraction of sp³-hybridized carbons (Fsp3) is 0.364. The third-order valence-electron chi connectivity index (χ3n) is 4.31. The van der Waals surface area contributed by atoms with Gasteiger partial charge in [0.1, 0.15) is 0 Å². The number of carbonyl (C=O) groups excluding carboxylic acids is 2. The van der Waals surface area contributed by atoms with Crippen molar-refractivity contribution in [1.29, 1.82) is 0 Å². The minimum absolute atomic E-state index is 0.0620. The van der Waals surface area contributed by atoms with Crippen molar-refractivity contribution in [1.82, 2.24) is 0 Å². The molecular weight excluding hydrogens is 374 g/mol. The second kappa shape index (κ2) is 10.2. The van der Waals surface area contributed by atoms with Gasteiger partial charge in [-0.1, -0.05) is 13.8 Å². The van der Waals surface area contributed by atoms with E-state index in [0.29, 0.717) is 22.3 Å². The van der Waals surface area contributed by atoms with Crippen LogP contribution in [0.2, 0.25) is 0 Å². The Balaban J connectivity index is 1.98. The molecule has 0 aromatic heterocycles. The van der Waals surface area contributed by atoms with Crippen LogP contribution >= 0.6 is 11.8 Å². The maximum Gasteiger partial charge on any atom is 0.262 e. The van der Waals surface area contributed by atoms with Crippen LogP contribution in [-0.2, 0) is 4.79 Å². The minimum Gasteiger partial charge on any atom is -0.493 e. The molecule has 0 aliphatic heterocycles. The Morgan fingerprint density at radius 2 is 1.89 bits per heavy atom. The molecule has 0 saturated heterocycles. The standard InChI is InChI=1S/C22H27NO4S/c1-6-15(3)28-18-8-9-19(14(2)11-18)23-22(25)13-27-20-10-7-17(16(4)24)12-21(20)26-5/h7-12,15H,6,13H2,1-5H3,(H,23,25). The first-order valence-corrected chi connectivity index (χ1v) is 10.1. The summed E-state index contributed by atoms with van der Waals surface area (Å²) in [5, 5.41) is 3.43. The zero-order valence-corrected chi connectivity index (χ0v) is 17.8. The van der Waals surface area contributed by atoms with E-state index in [0.717, 1.165) is 17.7 Å². The van der Waals surface area contributed by atoms with Crippen molar-refractivity contribution < 1.29 is 19.1 Å². The SMILES string of the molecule is CCC(C)Sc1ccc(NC(=O)COc2ccc(C(C)=O)cc2OC)c(C)c1. The Kier molecular flexibility index (Phi) is 7.93. The van der Waals surface area contributed by atoms with E-state index in [9.17, 15) is 9.59 Å². The predicted octanol–water partition coefficient (Wildman–Crippen LogP) is 5.11. The van der Waals surface area contributed by atoms with E-state index in [1.54, 1.807) is 18.2 Å². The molecular formula is C22H27NO4S. The van der Waals surface area contributed by atoms with E-state index in [4.69, 9.17) is 9.47 Å². The molecule has 0 spiro atoms. The van der Waals surface area contributed by atoms with Crippen LogP contribution < -0.4 is 14.8 Å². The largest absolute Gasteiger partial charge is 0.493 e. The third kappa shape index (κ3) is 6.02. The van der Waals surface area contributed by atoms with Crippen LogP contribution in [0.25, 0.3) is 0 Å². The lowest BCUT2D eigenvalue weighted by Crippen LogP contribution is -2.20. The molecule has 1 N–H and O–H groups in total. The summed E-state index contributed by atoms with van der Waals surface area (Å²) in [6.07, 6.45) is 1.11. The fourth-order valence-corrected chi connectivity index (χ4v) is 3.52. The highest BCUT2D eigenvalue weighted by atomic mass is 32.2. The molecule has 28 heavy (non-hydrogen) atoms. The van der Waals surface area contributed by atoms with Crippen molar-refractivity contribution in [3.8, 4) is 11.5 Å². The predicted molar refractivity (Wildman–Crippen MR) is 114 cm³/mol. The van der Waals surface area contributed by atoms with Gasteiger partial charge in [0.2, 0.25) is 0 Å². The molecule has 1 unspecified atom stereocenters. The number of amides is 1. The van der Waals surface area contributed by atoms with Gasteiger partial charge in [-0.05, 0) is 62.2 Å². The van der Waals surface area contributed by atoms with Gasteiger partial charge in [0.05, 0.1) is 7.11 Å². The van der Waals surface area contributed by atoms with Crippen molar-refractivity contribution in [2.24, 2.45) is 0 Å². The van der Waals surface area contributed by atoms with Crippen molar-refractivity contribution in [3.63, 3.8) is 0 Å². The van der Waals surface area contributed by atoms with Gasteiger partial charge in [-0.15, -0.1) is 11.8 Å². The van der Waals surface area contributed by atoms with Crippen LogP contribution in [0.4, 0.5) is 5.69 Å². The van der Waals surface area contributed by atoms with Crippen molar-refractivity contribution in [3.05, 3.63) is 47.5 Å². The van der Waals surface area contributed by atoms with Gasteiger partial charge in [-0.3, -0.25) is 9.59 Å². The number of methoxy groups -OCH3 is 1. The van der Waals surface area contributed by atoms with E-state index in [1.165, 1.54) is 18.9 Å². The first-order valence-electron chi connectivity index (χ1n) is 9.23. The smallest absolute Gasteiger partial charge is 0.262 e. The third-order valence-corrected chi connectivity index (χ3v) is 5.57. The van der Waals surface area contributed by atoms with Gasteiger partial charge < -0.3 is 14.8 Å². The molecule has 1 amide bonds. The molecule has 0 heterocycles. The number of hydrogen-bond donors (Lipinski definition) is 1. The van der Waals surface area contributed by atoms with Crippen LogP contribution in [0.15, 0.2) is 41.3 Å². The number of hydrogen-bond acceptors (Lipinski definition) is 5. The number of anilines is 1. The molecule has 2 aromatic carbocycles. The zero-order chi connectivity index (χ0) is 20.7. The molecule has 1 atom stereocenters. The van der Waals surface area contributed by atoms with Crippen molar-refractivity contribution >= 4 is 29.1 Å². The lowest BCUT2D eigenvalue weighted by atomic mass is 10.1. The first-order chi connectivity index (χ1) is 13.3. The summed E-state index contributed by atoms with van der Waals surface area (Å²) in [5.74, 6) is 0.513. The average Bonchev–Trinajstić information content (AvgIpc) is 2.68. The number of thioether (sulfide) groups is 1. The Hall–Kier alpha value is -2.47. The van der Waals surface area contributed by atoms with E-state index < -0.39 is 0 Å². The number of rotatable bonds is 9. The molecule has 2 rings (SSSR count). The second-order valence-electron chi connectivity index (χ2n) is 6.57. The van der Waals surface area contributed by atoms with Gasteiger partial charge >= 0.3 is 0 Å². The number of carbonyl (C=O) groups is 2. The summed E-state index contributed by atoms with van der Waals surface area (Å²) < 4.78 is 10.8. The highest BCUT2D eigenvalue weighted by Crippen LogP contribution is 2.29. The van der Waals surface area contributed by atoms with Gasteiger partial charge in [0.25, 0.3) is 5.91 Å². The molecule has 6 heteroatoms. The lowest BCUT2D eigenvalue weighted by Gasteiger charge is -2.14. The fourth-order valence-electron chi connectivity index (χ4n) is 2.50. The first kappa shape index (κ1) is 21.8. The number of benzene rings is 2. The minimum atomic E-state index is -0.261. The molecule has 0 aliphatic carbocycles. The molecule has 0 aliphatic rings. The summed E-state index contributed by atoms with van der Waals surface area (Å²) in [7, 11) is 1.49. The number of aryl methyl sites for hydroxylation is 1. The van der Waals surface area contributed by atoms with E-state index in [-0.39, 0.29) is 18.3 Å². The number of nitrogens with one attached hydrogen (secondary N) is 1. The highest BCUT2D eigenvalue weighted by Gasteiger charge is 2.12. The van der Waals surface area contributed by atoms with E-state index >= 15 is 0 Å². The van der Waals surface area contributed by atoms with E-state index in [2.05, 4.69) is 25.2 Å². The summed E-state index contributed by atoms with van der Waals surface area (Å²) >= 11 is 1.82. The summed E-state index contributed by atoms with van der Waals surface area (Å²) in [4.78, 5) is 24.9. The number of ketones is 1. The molecule has 5 nitrogen and oxygen atoms in total. The van der Waals surface area contributed by atoms with Crippen LogP contribution in [0.1, 0.15) is 43.1 Å².